The van der Waals surface area contributed by atoms with Gasteiger partial charge in [-0.05, 0) is 39.2 Å². The van der Waals surface area contributed by atoms with Gasteiger partial charge in [-0.1, -0.05) is 25.4 Å². The van der Waals surface area contributed by atoms with E-state index in [1.54, 1.807) is 10.9 Å². The number of aliphatic carboxylic acids is 1. The molecule has 20 heavy (non-hydrogen) atoms. The first-order chi connectivity index (χ1) is 9.45. The molecule has 1 aromatic heterocycles. The molecule has 0 radical (unpaired) electrons. The molecule has 0 fully saturated rings. The van der Waals surface area contributed by atoms with E-state index in [1.165, 1.54) is 0 Å². The van der Waals surface area contributed by atoms with Crippen LogP contribution in [-0.4, -0.2) is 32.9 Å². The van der Waals surface area contributed by atoms with Gasteiger partial charge in [-0.3, -0.25) is 9.48 Å². The molecule has 1 unspecified atom stereocenters. The van der Waals surface area contributed by atoms with E-state index < -0.39 is 11.5 Å². The third-order valence-electron chi connectivity index (χ3n) is 3.60. The van der Waals surface area contributed by atoms with Gasteiger partial charge in [0.05, 0.1) is 10.7 Å². The Morgan fingerprint density at radius 2 is 2.25 bits per heavy atom. The molecule has 0 saturated carbocycles. The number of hydrogen-bond acceptors (Lipinski definition) is 3. The summed E-state index contributed by atoms with van der Waals surface area (Å²) in [6.07, 6.45) is 4.60. The highest BCUT2D eigenvalue weighted by molar-refractivity contribution is 6.31. The molecular formula is C14H24ClN3O2. The number of rotatable bonds is 9. The summed E-state index contributed by atoms with van der Waals surface area (Å²) in [6, 6.07) is 0. The molecule has 0 aromatic carbocycles. The van der Waals surface area contributed by atoms with E-state index in [4.69, 9.17) is 11.6 Å². The van der Waals surface area contributed by atoms with Crippen molar-refractivity contribution in [2.45, 2.75) is 58.5 Å². The monoisotopic (exact) mass is 301 g/mol. The van der Waals surface area contributed by atoms with Crippen molar-refractivity contribution < 1.29 is 9.90 Å². The van der Waals surface area contributed by atoms with E-state index in [1.807, 2.05) is 20.8 Å². The Bertz CT molecular complexity index is 428. The number of aromatic nitrogens is 2. The van der Waals surface area contributed by atoms with E-state index in [0.717, 1.165) is 18.5 Å². The summed E-state index contributed by atoms with van der Waals surface area (Å²) in [6.45, 7) is 7.19. The Labute approximate surface area is 125 Å². The molecule has 0 bridgehead atoms. The molecule has 6 heteroatoms. The van der Waals surface area contributed by atoms with Crippen LogP contribution in [0, 0.1) is 6.92 Å². The Morgan fingerprint density at radius 1 is 1.55 bits per heavy atom. The minimum absolute atomic E-state index is 0.571. The summed E-state index contributed by atoms with van der Waals surface area (Å²) >= 11 is 5.95. The Morgan fingerprint density at radius 3 is 2.70 bits per heavy atom. The zero-order valence-electron chi connectivity index (χ0n) is 12.4. The van der Waals surface area contributed by atoms with Crippen molar-refractivity contribution in [3.05, 3.63) is 16.9 Å². The number of carboxylic acids is 1. The van der Waals surface area contributed by atoms with Gasteiger partial charge in [0.25, 0.3) is 0 Å². The van der Waals surface area contributed by atoms with Gasteiger partial charge in [0.15, 0.2) is 0 Å². The second-order valence-corrected chi connectivity index (χ2v) is 5.50. The highest BCUT2D eigenvalue weighted by Gasteiger charge is 2.35. The van der Waals surface area contributed by atoms with Crippen LogP contribution in [0.15, 0.2) is 6.20 Å². The number of halogens is 1. The quantitative estimate of drug-likeness (QED) is 0.736. The number of carboxylic acid groups (broad SMARTS) is 1. The average Bonchev–Trinajstić information content (AvgIpc) is 2.72. The average molecular weight is 302 g/mol. The van der Waals surface area contributed by atoms with Gasteiger partial charge in [-0.25, -0.2) is 0 Å². The van der Waals surface area contributed by atoms with Crippen molar-refractivity contribution in [3.63, 3.8) is 0 Å². The third kappa shape index (κ3) is 4.21. The Kier molecular flexibility index (Phi) is 6.49. The van der Waals surface area contributed by atoms with Crippen LogP contribution in [0.5, 0.6) is 0 Å². The van der Waals surface area contributed by atoms with Crippen molar-refractivity contribution in [3.8, 4) is 0 Å². The molecule has 114 valence electrons. The predicted molar refractivity (Wildman–Crippen MR) is 80.2 cm³/mol. The fraction of sp³-hybridized carbons (Fsp3) is 0.714. The maximum Gasteiger partial charge on any atom is 0.323 e. The minimum Gasteiger partial charge on any atom is -0.480 e. The summed E-state index contributed by atoms with van der Waals surface area (Å²) in [5, 5.41) is 17.6. The number of nitrogens with zero attached hydrogens (tertiary/aromatic N) is 2. The standard InChI is InChI=1S/C14H24ClN3O2/c1-4-8-16-14(5-2,13(19)20)7-6-9-18-10-12(15)11(3)17-18/h10,16H,4-9H2,1-3H3,(H,19,20). The lowest BCUT2D eigenvalue weighted by molar-refractivity contribution is -0.145. The van der Waals surface area contributed by atoms with Crippen LogP contribution in [0.4, 0.5) is 0 Å². The van der Waals surface area contributed by atoms with Gasteiger partial charge in [0.2, 0.25) is 0 Å². The molecule has 0 aliphatic carbocycles. The van der Waals surface area contributed by atoms with Crippen LogP contribution in [0.25, 0.3) is 0 Å². The second-order valence-electron chi connectivity index (χ2n) is 5.10. The number of aryl methyl sites for hydroxylation is 2. The number of nitrogens with one attached hydrogen (secondary N) is 1. The fourth-order valence-corrected chi connectivity index (χ4v) is 2.39. The van der Waals surface area contributed by atoms with Crippen LogP contribution >= 0.6 is 11.6 Å². The summed E-state index contributed by atoms with van der Waals surface area (Å²) in [4.78, 5) is 11.6. The maximum absolute atomic E-state index is 11.6. The van der Waals surface area contributed by atoms with Crippen LogP contribution < -0.4 is 5.32 Å². The summed E-state index contributed by atoms with van der Waals surface area (Å²) in [7, 11) is 0. The zero-order chi connectivity index (χ0) is 15.2. The highest BCUT2D eigenvalue weighted by Crippen LogP contribution is 2.19. The van der Waals surface area contributed by atoms with Gasteiger partial charge >= 0.3 is 5.97 Å². The second kappa shape index (κ2) is 7.64. The van der Waals surface area contributed by atoms with Gasteiger partial charge in [0, 0.05) is 12.7 Å². The molecule has 1 rings (SSSR count). The molecular weight excluding hydrogens is 278 g/mol. The molecule has 2 N–H and O–H groups in total. The maximum atomic E-state index is 11.6. The smallest absolute Gasteiger partial charge is 0.323 e. The minimum atomic E-state index is -0.831. The fourth-order valence-electron chi connectivity index (χ4n) is 2.24. The van der Waals surface area contributed by atoms with Crippen LogP contribution in [0.2, 0.25) is 5.02 Å². The zero-order valence-corrected chi connectivity index (χ0v) is 13.2. The van der Waals surface area contributed by atoms with Gasteiger partial charge in [0.1, 0.15) is 5.54 Å². The Hall–Kier alpha value is -1.07. The predicted octanol–water partition coefficient (Wildman–Crippen LogP) is 2.86. The van der Waals surface area contributed by atoms with Crippen molar-refractivity contribution in [2.24, 2.45) is 0 Å². The molecule has 0 aliphatic rings. The third-order valence-corrected chi connectivity index (χ3v) is 3.97. The lowest BCUT2D eigenvalue weighted by atomic mass is 9.90. The molecule has 5 nitrogen and oxygen atoms in total. The first kappa shape index (κ1) is 17.0. The van der Waals surface area contributed by atoms with Crippen LogP contribution in [-0.2, 0) is 11.3 Å². The molecule has 0 spiro atoms. The Balaban J connectivity index is 2.59. The molecule has 1 atom stereocenters. The van der Waals surface area contributed by atoms with E-state index in [0.29, 0.717) is 31.0 Å². The molecule has 1 aromatic rings. The molecule has 0 amide bonds. The van der Waals surface area contributed by atoms with Gasteiger partial charge in [-0.2, -0.15) is 5.10 Å². The van der Waals surface area contributed by atoms with Gasteiger partial charge < -0.3 is 10.4 Å². The van der Waals surface area contributed by atoms with Crippen LogP contribution in [0.1, 0.15) is 45.2 Å². The normalized spacial score (nSPS) is 14.2. The van der Waals surface area contributed by atoms with Crippen molar-refractivity contribution in [1.82, 2.24) is 15.1 Å². The molecule has 0 aliphatic heterocycles. The summed E-state index contributed by atoms with van der Waals surface area (Å²) < 4.78 is 1.78. The lowest BCUT2D eigenvalue weighted by Gasteiger charge is -2.29. The van der Waals surface area contributed by atoms with Gasteiger partial charge in [-0.15, -0.1) is 0 Å². The number of hydrogen-bond donors (Lipinski definition) is 2. The van der Waals surface area contributed by atoms with E-state index in [-0.39, 0.29) is 0 Å². The lowest BCUT2D eigenvalue weighted by Crippen LogP contribution is -2.52. The summed E-state index contributed by atoms with van der Waals surface area (Å²) in [5.74, 6) is -0.775. The molecule has 1 heterocycles. The summed E-state index contributed by atoms with van der Waals surface area (Å²) in [5.41, 5.74) is -0.0297. The van der Waals surface area contributed by atoms with Crippen molar-refractivity contribution >= 4 is 17.6 Å². The SMILES string of the molecule is CCCNC(CC)(CCCn1cc(Cl)c(C)n1)C(=O)O. The number of carbonyl (C=O) groups is 1. The molecule has 0 saturated heterocycles. The van der Waals surface area contributed by atoms with E-state index in [2.05, 4.69) is 10.4 Å². The first-order valence-corrected chi connectivity index (χ1v) is 7.51. The highest BCUT2D eigenvalue weighted by atomic mass is 35.5. The van der Waals surface area contributed by atoms with E-state index >= 15 is 0 Å². The largest absolute Gasteiger partial charge is 0.480 e. The topological polar surface area (TPSA) is 67.2 Å². The first-order valence-electron chi connectivity index (χ1n) is 7.13. The van der Waals surface area contributed by atoms with Crippen molar-refractivity contribution in [1.29, 1.82) is 0 Å². The van der Waals surface area contributed by atoms with Crippen LogP contribution in [0.3, 0.4) is 0 Å². The van der Waals surface area contributed by atoms with Crippen molar-refractivity contribution in [2.75, 3.05) is 6.54 Å². The van der Waals surface area contributed by atoms with E-state index in [9.17, 15) is 9.90 Å².